The predicted octanol–water partition coefficient (Wildman–Crippen LogP) is 3.59. The average molecular weight is 402 g/mol. The highest BCUT2D eigenvalue weighted by Gasteiger charge is 2.51. The monoisotopic (exact) mass is 402 g/mol. The van der Waals surface area contributed by atoms with E-state index in [1.807, 2.05) is 0 Å². The Hall–Kier alpha value is -2.45. The molecule has 6 nitrogen and oxygen atoms in total. The van der Waals surface area contributed by atoms with Gasteiger partial charge in [-0.15, -0.1) is 0 Å². The van der Waals surface area contributed by atoms with Gasteiger partial charge in [-0.1, -0.05) is 19.1 Å². The fourth-order valence-corrected chi connectivity index (χ4v) is 3.79. The van der Waals surface area contributed by atoms with Gasteiger partial charge in [0.15, 0.2) is 0 Å². The van der Waals surface area contributed by atoms with Gasteiger partial charge in [-0.2, -0.15) is 13.2 Å². The van der Waals surface area contributed by atoms with Crippen molar-refractivity contribution < 1.29 is 32.2 Å². The lowest BCUT2D eigenvalue weighted by atomic mass is 10.0. The molecule has 0 radical (unpaired) electrons. The maximum atomic E-state index is 13.3. The Labute approximate surface area is 162 Å². The van der Waals surface area contributed by atoms with E-state index in [1.165, 1.54) is 19.1 Å². The van der Waals surface area contributed by atoms with Crippen molar-refractivity contribution in [1.29, 1.82) is 0 Å². The summed E-state index contributed by atoms with van der Waals surface area (Å²) < 4.78 is 49.8. The summed E-state index contributed by atoms with van der Waals surface area (Å²) in [6.45, 7) is 3.30. The maximum Gasteiger partial charge on any atom is 0.471 e. The number of hydrogen-bond donors (Lipinski definition) is 0. The van der Waals surface area contributed by atoms with Crippen LogP contribution in [0.4, 0.5) is 18.0 Å². The van der Waals surface area contributed by atoms with Crippen molar-refractivity contribution >= 4 is 12.0 Å². The fourth-order valence-electron chi connectivity index (χ4n) is 3.79. The SMILES string of the molecule is CC[C@H]1[C@@H](N(Cc2ccc(OC)cc2)C(=O)C(F)(F)F)C[C@@H](C)N1C(=O)OC. The quantitative estimate of drug-likeness (QED) is 0.755. The summed E-state index contributed by atoms with van der Waals surface area (Å²) in [5.74, 6) is -1.35. The maximum absolute atomic E-state index is 13.3. The average Bonchev–Trinajstić information content (AvgIpc) is 3.00. The van der Waals surface area contributed by atoms with E-state index in [-0.39, 0.29) is 19.0 Å². The van der Waals surface area contributed by atoms with Gasteiger partial charge in [0.05, 0.1) is 26.3 Å². The standard InChI is InChI=1S/C19H25F3N2O4/c1-5-15-16(10-12(2)24(15)18(26)28-4)23(17(25)19(20,21)22)11-13-6-8-14(27-3)9-7-13/h6-9,12,15-16H,5,10-11H2,1-4H3/t12-,15+,16+/m1/s1. The van der Waals surface area contributed by atoms with Crippen LogP contribution in [0.1, 0.15) is 32.3 Å². The molecule has 1 saturated heterocycles. The molecule has 1 heterocycles. The highest BCUT2D eigenvalue weighted by Crippen LogP contribution is 2.34. The zero-order valence-electron chi connectivity index (χ0n) is 16.3. The molecule has 0 aromatic heterocycles. The molecule has 0 N–H and O–H groups in total. The summed E-state index contributed by atoms with van der Waals surface area (Å²) in [5.41, 5.74) is 0.539. The van der Waals surface area contributed by atoms with Gasteiger partial charge in [0.1, 0.15) is 5.75 Å². The lowest BCUT2D eigenvalue weighted by Crippen LogP contribution is -2.52. The number of likely N-dealkylation sites (tertiary alicyclic amines) is 1. The number of hydrogen-bond acceptors (Lipinski definition) is 4. The molecule has 0 spiro atoms. The Balaban J connectivity index is 2.37. The molecule has 9 heteroatoms. The molecule has 1 aromatic rings. The Morgan fingerprint density at radius 2 is 1.82 bits per heavy atom. The molecule has 2 amide bonds. The summed E-state index contributed by atoms with van der Waals surface area (Å²) in [4.78, 5) is 26.6. The molecule has 0 aliphatic carbocycles. The van der Waals surface area contributed by atoms with E-state index in [0.29, 0.717) is 17.7 Å². The molecule has 0 saturated carbocycles. The van der Waals surface area contributed by atoms with Gasteiger partial charge in [0, 0.05) is 12.6 Å². The highest BCUT2D eigenvalue weighted by molar-refractivity contribution is 5.82. The first-order valence-electron chi connectivity index (χ1n) is 9.01. The van der Waals surface area contributed by atoms with Crippen molar-refractivity contribution in [3.63, 3.8) is 0 Å². The molecule has 0 bridgehead atoms. The van der Waals surface area contributed by atoms with Gasteiger partial charge < -0.3 is 19.3 Å². The fraction of sp³-hybridized carbons (Fsp3) is 0.579. The first-order valence-corrected chi connectivity index (χ1v) is 9.01. The third kappa shape index (κ3) is 4.51. The number of carbonyl (C=O) groups excluding carboxylic acids is 2. The van der Waals surface area contributed by atoms with Gasteiger partial charge in [-0.3, -0.25) is 4.79 Å². The Morgan fingerprint density at radius 1 is 1.21 bits per heavy atom. The second-order valence-electron chi connectivity index (χ2n) is 6.78. The van der Waals surface area contributed by atoms with Crippen molar-refractivity contribution in [2.45, 2.75) is 57.5 Å². The summed E-state index contributed by atoms with van der Waals surface area (Å²) >= 11 is 0. The molecular weight excluding hydrogens is 377 g/mol. The Bertz CT molecular complexity index is 693. The number of amides is 2. The number of halogens is 3. The van der Waals surface area contributed by atoms with Crippen LogP contribution in [0.15, 0.2) is 24.3 Å². The minimum atomic E-state index is -5.01. The van der Waals surface area contributed by atoms with Crippen LogP contribution in [0.3, 0.4) is 0 Å². The van der Waals surface area contributed by atoms with Crippen molar-refractivity contribution in [3.8, 4) is 5.75 Å². The molecule has 0 unspecified atom stereocenters. The number of benzene rings is 1. The minimum absolute atomic E-state index is 0.217. The van der Waals surface area contributed by atoms with Crippen LogP contribution in [-0.2, 0) is 16.1 Å². The molecule has 2 rings (SSSR count). The normalized spacial score (nSPS) is 22.1. The molecule has 1 fully saturated rings. The molecule has 1 aromatic carbocycles. The molecule has 28 heavy (non-hydrogen) atoms. The van der Waals surface area contributed by atoms with Gasteiger partial charge in [-0.05, 0) is 37.5 Å². The third-order valence-corrected chi connectivity index (χ3v) is 5.08. The van der Waals surface area contributed by atoms with E-state index in [2.05, 4.69) is 0 Å². The van der Waals surface area contributed by atoms with Crippen molar-refractivity contribution in [2.75, 3.05) is 14.2 Å². The number of rotatable bonds is 5. The van der Waals surface area contributed by atoms with E-state index in [1.54, 1.807) is 38.1 Å². The van der Waals surface area contributed by atoms with Gasteiger partial charge in [-0.25, -0.2) is 4.79 Å². The van der Waals surface area contributed by atoms with Crippen LogP contribution in [0.2, 0.25) is 0 Å². The van der Waals surface area contributed by atoms with Crippen LogP contribution >= 0.6 is 0 Å². The second-order valence-corrected chi connectivity index (χ2v) is 6.78. The molecule has 156 valence electrons. The summed E-state index contributed by atoms with van der Waals surface area (Å²) in [7, 11) is 2.72. The summed E-state index contributed by atoms with van der Waals surface area (Å²) in [6.07, 6.45) is -4.97. The second kappa shape index (κ2) is 8.70. The zero-order chi connectivity index (χ0) is 21.1. The Morgan fingerprint density at radius 3 is 2.29 bits per heavy atom. The van der Waals surface area contributed by atoms with Gasteiger partial charge >= 0.3 is 18.2 Å². The summed E-state index contributed by atoms with van der Waals surface area (Å²) in [5, 5.41) is 0. The first-order chi connectivity index (χ1) is 13.1. The van der Waals surface area contributed by atoms with E-state index in [4.69, 9.17) is 9.47 Å². The highest BCUT2D eigenvalue weighted by atomic mass is 19.4. The van der Waals surface area contributed by atoms with E-state index in [9.17, 15) is 22.8 Å². The molecular formula is C19H25F3N2O4. The van der Waals surface area contributed by atoms with Crippen LogP contribution in [0.25, 0.3) is 0 Å². The lowest BCUT2D eigenvalue weighted by molar-refractivity contribution is -0.189. The zero-order valence-corrected chi connectivity index (χ0v) is 16.3. The van der Waals surface area contributed by atoms with Crippen molar-refractivity contribution in [1.82, 2.24) is 9.80 Å². The largest absolute Gasteiger partial charge is 0.497 e. The van der Waals surface area contributed by atoms with Crippen molar-refractivity contribution in [2.24, 2.45) is 0 Å². The van der Waals surface area contributed by atoms with E-state index in [0.717, 1.165) is 4.90 Å². The van der Waals surface area contributed by atoms with Crippen molar-refractivity contribution in [3.05, 3.63) is 29.8 Å². The summed E-state index contributed by atoms with van der Waals surface area (Å²) in [6, 6.07) is 4.81. The number of alkyl halides is 3. The van der Waals surface area contributed by atoms with Gasteiger partial charge in [0.25, 0.3) is 0 Å². The number of ether oxygens (including phenoxy) is 2. The van der Waals surface area contributed by atoms with Crippen LogP contribution in [-0.4, -0.2) is 60.3 Å². The predicted molar refractivity (Wildman–Crippen MR) is 95.8 cm³/mol. The first kappa shape index (κ1) is 21.8. The van der Waals surface area contributed by atoms with E-state index >= 15 is 0 Å². The minimum Gasteiger partial charge on any atom is -0.497 e. The lowest BCUT2D eigenvalue weighted by Gasteiger charge is -2.35. The smallest absolute Gasteiger partial charge is 0.471 e. The number of nitrogens with zero attached hydrogens (tertiary/aromatic N) is 2. The number of methoxy groups -OCH3 is 2. The molecule has 1 aliphatic heterocycles. The van der Waals surface area contributed by atoms with Crippen LogP contribution < -0.4 is 4.74 Å². The number of carbonyl (C=O) groups is 2. The Kier molecular flexibility index (Phi) is 6.79. The topological polar surface area (TPSA) is 59.1 Å². The van der Waals surface area contributed by atoms with Crippen LogP contribution in [0, 0.1) is 0 Å². The van der Waals surface area contributed by atoms with Crippen LogP contribution in [0.5, 0.6) is 5.75 Å². The third-order valence-electron chi connectivity index (χ3n) is 5.08. The molecule has 1 aliphatic rings. The van der Waals surface area contributed by atoms with E-state index < -0.39 is 30.3 Å². The molecule has 3 atom stereocenters. The van der Waals surface area contributed by atoms with Gasteiger partial charge in [0.2, 0.25) is 0 Å².